The Bertz CT molecular complexity index is 1150. The summed E-state index contributed by atoms with van der Waals surface area (Å²) in [6, 6.07) is 10.4. The van der Waals surface area contributed by atoms with Gasteiger partial charge in [-0.15, -0.1) is 5.10 Å². The zero-order chi connectivity index (χ0) is 21.6. The molecular formula is C20H18ClN7O3. The Labute approximate surface area is 182 Å². The smallest absolute Gasteiger partial charge is 0.280 e. The van der Waals surface area contributed by atoms with Crippen LogP contribution in [-0.2, 0) is 11.3 Å². The second kappa shape index (κ2) is 9.35. The minimum Gasteiger partial charge on any atom is -0.481 e. The fraction of sp³-hybridized carbons (Fsp3) is 0.200. The number of nitrogens with zero attached hydrogens (tertiary/aromatic N) is 6. The van der Waals surface area contributed by atoms with Crippen LogP contribution >= 0.6 is 11.6 Å². The number of pyridine rings is 1. The van der Waals surface area contributed by atoms with Gasteiger partial charge in [0.25, 0.3) is 11.8 Å². The fourth-order valence-electron chi connectivity index (χ4n) is 2.65. The van der Waals surface area contributed by atoms with Crippen LogP contribution in [0.3, 0.4) is 0 Å². The number of nitrogens with one attached hydrogen (secondary N) is 1. The summed E-state index contributed by atoms with van der Waals surface area (Å²) < 4.78 is 12.4. The van der Waals surface area contributed by atoms with Crippen LogP contribution in [0.25, 0.3) is 23.0 Å². The van der Waals surface area contributed by atoms with Crippen molar-refractivity contribution >= 4 is 17.5 Å². The van der Waals surface area contributed by atoms with E-state index in [1.807, 2.05) is 6.07 Å². The quantitative estimate of drug-likeness (QED) is 0.444. The highest BCUT2D eigenvalue weighted by atomic mass is 35.5. The lowest BCUT2D eigenvalue weighted by Gasteiger charge is -2.14. The lowest BCUT2D eigenvalue weighted by atomic mass is 10.3. The van der Waals surface area contributed by atoms with Crippen molar-refractivity contribution in [2.45, 2.75) is 19.6 Å². The topological polar surface area (TPSA) is 121 Å². The summed E-state index contributed by atoms with van der Waals surface area (Å²) in [5.41, 5.74) is 1.18. The molecule has 11 heteroatoms. The largest absolute Gasteiger partial charge is 0.481 e. The van der Waals surface area contributed by atoms with E-state index in [0.29, 0.717) is 35.4 Å². The molecule has 1 atom stereocenters. The third-order valence-corrected chi connectivity index (χ3v) is 4.49. The van der Waals surface area contributed by atoms with Crippen LogP contribution in [-0.4, -0.2) is 48.7 Å². The first-order chi connectivity index (χ1) is 15.1. The van der Waals surface area contributed by atoms with E-state index >= 15 is 0 Å². The standard InChI is InChI=1S/C20H18ClN7O3/c1-13(30-16-6-4-15(21)5-7-16)19(29)23-9-10-28-12-17(25-27-28)20-24-18(26-31-20)14-3-2-8-22-11-14/h2-8,11-13H,9-10H2,1H3,(H,23,29)/t13-/m0/s1. The number of benzene rings is 1. The predicted molar refractivity (Wildman–Crippen MR) is 111 cm³/mol. The van der Waals surface area contributed by atoms with Crippen LogP contribution in [0.5, 0.6) is 5.75 Å². The molecule has 0 fully saturated rings. The highest BCUT2D eigenvalue weighted by molar-refractivity contribution is 6.30. The Balaban J connectivity index is 1.28. The van der Waals surface area contributed by atoms with Crippen molar-refractivity contribution in [3.05, 3.63) is 60.0 Å². The van der Waals surface area contributed by atoms with E-state index in [-0.39, 0.29) is 11.8 Å². The summed E-state index contributed by atoms with van der Waals surface area (Å²) in [5, 5.41) is 15.4. The van der Waals surface area contributed by atoms with Gasteiger partial charge in [0.2, 0.25) is 5.82 Å². The van der Waals surface area contributed by atoms with Crippen LogP contribution < -0.4 is 10.1 Å². The van der Waals surface area contributed by atoms with Gasteiger partial charge in [0, 0.05) is 29.5 Å². The van der Waals surface area contributed by atoms with E-state index in [1.54, 1.807) is 60.5 Å². The fourth-order valence-corrected chi connectivity index (χ4v) is 2.78. The maximum Gasteiger partial charge on any atom is 0.280 e. The molecule has 3 aromatic heterocycles. The average molecular weight is 440 g/mol. The van der Waals surface area contributed by atoms with E-state index in [1.165, 1.54) is 0 Å². The van der Waals surface area contributed by atoms with Crippen molar-refractivity contribution in [2.75, 3.05) is 6.54 Å². The SMILES string of the molecule is C[C@H](Oc1ccc(Cl)cc1)C(=O)NCCn1cc(-c2nc(-c3cccnc3)no2)nn1. The van der Waals surface area contributed by atoms with Gasteiger partial charge >= 0.3 is 0 Å². The maximum atomic E-state index is 12.2. The van der Waals surface area contributed by atoms with Gasteiger partial charge in [-0.3, -0.25) is 9.78 Å². The minimum atomic E-state index is -0.656. The molecule has 0 spiro atoms. The van der Waals surface area contributed by atoms with Crippen LogP contribution in [0.15, 0.2) is 59.5 Å². The predicted octanol–water partition coefficient (Wildman–Crippen LogP) is 2.63. The van der Waals surface area contributed by atoms with Crippen molar-refractivity contribution in [3.8, 4) is 28.7 Å². The number of ether oxygens (including phenoxy) is 1. The first-order valence-electron chi connectivity index (χ1n) is 9.43. The molecule has 0 bridgehead atoms. The highest BCUT2D eigenvalue weighted by Gasteiger charge is 2.16. The van der Waals surface area contributed by atoms with Gasteiger partial charge in [0.05, 0.1) is 12.7 Å². The van der Waals surface area contributed by atoms with Crippen molar-refractivity contribution in [1.29, 1.82) is 0 Å². The lowest BCUT2D eigenvalue weighted by Crippen LogP contribution is -2.38. The second-order valence-electron chi connectivity index (χ2n) is 6.54. The normalized spacial score (nSPS) is 11.8. The molecular weight excluding hydrogens is 422 g/mol. The Hall–Kier alpha value is -3.79. The second-order valence-corrected chi connectivity index (χ2v) is 6.97. The Kier molecular flexibility index (Phi) is 6.18. The number of rotatable bonds is 8. The summed E-state index contributed by atoms with van der Waals surface area (Å²) in [6.45, 7) is 2.43. The zero-order valence-corrected chi connectivity index (χ0v) is 17.2. The third-order valence-electron chi connectivity index (χ3n) is 4.24. The molecule has 0 unspecified atom stereocenters. The summed E-state index contributed by atoms with van der Waals surface area (Å²) in [4.78, 5) is 20.6. The van der Waals surface area contributed by atoms with E-state index in [2.05, 4.69) is 30.8 Å². The van der Waals surface area contributed by atoms with E-state index in [9.17, 15) is 4.79 Å². The monoisotopic (exact) mass is 439 g/mol. The van der Waals surface area contributed by atoms with E-state index in [4.69, 9.17) is 20.9 Å². The molecule has 158 valence electrons. The van der Waals surface area contributed by atoms with E-state index in [0.717, 1.165) is 5.56 Å². The van der Waals surface area contributed by atoms with Crippen molar-refractivity contribution in [2.24, 2.45) is 0 Å². The molecule has 0 saturated carbocycles. The highest BCUT2D eigenvalue weighted by Crippen LogP contribution is 2.19. The lowest BCUT2D eigenvalue weighted by molar-refractivity contribution is -0.127. The number of hydrogen-bond donors (Lipinski definition) is 1. The van der Waals surface area contributed by atoms with Gasteiger partial charge in [0.15, 0.2) is 11.8 Å². The first kappa shape index (κ1) is 20.5. The molecule has 10 nitrogen and oxygen atoms in total. The molecule has 3 heterocycles. The third kappa shape index (κ3) is 5.23. The molecule has 31 heavy (non-hydrogen) atoms. The first-order valence-corrected chi connectivity index (χ1v) is 9.81. The van der Waals surface area contributed by atoms with Crippen LogP contribution in [0.4, 0.5) is 0 Å². The number of carbonyl (C=O) groups is 1. The van der Waals surface area contributed by atoms with Gasteiger partial charge in [-0.2, -0.15) is 4.98 Å². The molecule has 0 aliphatic carbocycles. The van der Waals surface area contributed by atoms with Gasteiger partial charge in [0.1, 0.15) is 5.75 Å². The molecule has 4 rings (SSSR count). The number of amides is 1. The number of halogens is 1. The molecule has 4 aromatic rings. The summed E-state index contributed by atoms with van der Waals surface area (Å²) in [6.07, 6.45) is 4.32. The molecule has 0 aliphatic heterocycles. The van der Waals surface area contributed by atoms with Crippen LogP contribution in [0.1, 0.15) is 6.92 Å². The Morgan fingerprint density at radius 1 is 1.29 bits per heavy atom. The maximum absolute atomic E-state index is 12.2. The van der Waals surface area contributed by atoms with Crippen LogP contribution in [0, 0.1) is 0 Å². The van der Waals surface area contributed by atoms with Crippen molar-refractivity contribution < 1.29 is 14.1 Å². The van der Waals surface area contributed by atoms with Gasteiger partial charge in [-0.05, 0) is 43.3 Å². The van der Waals surface area contributed by atoms with Gasteiger partial charge in [-0.25, -0.2) is 4.68 Å². The van der Waals surface area contributed by atoms with E-state index < -0.39 is 6.10 Å². The number of carbonyl (C=O) groups excluding carboxylic acids is 1. The Morgan fingerprint density at radius 2 is 2.13 bits per heavy atom. The summed E-state index contributed by atoms with van der Waals surface area (Å²) >= 11 is 5.84. The van der Waals surface area contributed by atoms with Crippen molar-refractivity contribution in [1.82, 2.24) is 35.4 Å². The zero-order valence-electron chi connectivity index (χ0n) is 16.5. The number of aromatic nitrogens is 6. The molecule has 0 saturated heterocycles. The molecule has 0 aliphatic rings. The van der Waals surface area contributed by atoms with Gasteiger partial charge < -0.3 is 14.6 Å². The molecule has 1 amide bonds. The molecule has 0 radical (unpaired) electrons. The molecule has 1 N–H and O–H groups in total. The average Bonchev–Trinajstić information content (AvgIpc) is 3.45. The van der Waals surface area contributed by atoms with Crippen molar-refractivity contribution in [3.63, 3.8) is 0 Å². The Morgan fingerprint density at radius 3 is 2.90 bits per heavy atom. The molecule has 1 aromatic carbocycles. The van der Waals surface area contributed by atoms with Crippen LogP contribution in [0.2, 0.25) is 5.02 Å². The summed E-state index contributed by atoms with van der Waals surface area (Å²) in [5.74, 6) is 0.991. The summed E-state index contributed by atoms with van der Waals surface area (Å²) in [7, 11) is 0. The minimum absolute atomic E-state index is 0.242. The van der Waals surface area contributed by atoms with Gasteiger partial charge in [-0.1, -0.05) is 22.0 Å². The number of hydrogen-bond acceptors (Lipinski definition) is 8.